The molecule has 0 aromatic heterocycles. The molecule has 0 aromatic carbocycles. The average molecular weight is 405 g/mol. The molecular weight excluding hydrogens is 360 g/mol. The standard InChI is InChI=1S/C21H44O3SSi/c1-5-6-7-8-9-10-11-12-13-14-15-16-17-19-25-20-18-21-26(22-2,23-3)24-4/h17,19H,5-16,18,20-21H2,1-4H3. The first-order valence-electron chi connectivity index (χ1n) is 10.7. The Balaban J connectivity index is 3.31. The highest BCUT2D eigenvalue weighted by molar-refractivity contribution is 8.02. The highest BCUT2D eigenvalue weighted by Crippen LogP contribution is 2.18. The number of hydrogen-bond acceptors (Lipinski definition) is 4. The van der Waals surface area contributed by atoms with Gasteiger partial charge in [0.15, 0.2) is 0 Å². The molecule has 0 saturated carbocycles. The zero-order chi connectivity index (χ0) is 19.3. The van der Waals surface area contributed by atoms with Gasteiger partial charge in [0.25, 0.3) is 0 Å². The minimum Gasteiger partial charge on any atom is -0.377 e. The lowest BCUT2D eigenvalue weighted by atomic mass is 10.1. The first-order chi connectivity index (χ1) is 12.7. The topological polar surface area (TPSA) is 27.7 Å². The molecule has 0 fully saturated rings. The minimum atomic E-state index is -2.36. The summed E-state index contributed by atoms with van der Waals surface area (Å²) in [5.41, 5.74) is 0. The Morgan fingerprint density at radius 3 is 1.69 bits per heavy atom. The van der Waals surface area contributed by atoms with E-state index in [0.29, 0.717) is 0 Å². The third kappa shape index (κ3) is 15.3. The van der Waals surface area contributed by atoms with Crippen molar-refractivity contribution in [3.05, 3.63) is 11.5 Å². The first kappa shape index (κ1) is 26.2. The van der Waals surface area contributed by atoms with Crippen molar-refractivity contribution in [3.63, 3.8) is 0 Å². The van der Waals surface area contributed by atoms with Crippen LogP contribution in [0.5, 0.6) is 0 Å². The van der Waals surface area contributed by atoms with Crippen LogP contribution < -0.4 is 0 Å². The lowest BCUT2D eigenvalue weighted by Gasteiger charge is -2.23. The monoisotopic (exact) mass is 404 g/mol. The molecule has 5 heteroatoms. The zero-order valence-corrected chi connectivity index (χ0v) is 19.7. The van der Waals surface area contributed by atoms with Gasteiger partial charge < -0.3 is 13.3 Å². The molecule has 0 heterocycles. The van der Waals surface area contributed by atoms with Gasteiger partial charge in [-0.05, 0) is 30.4 Å². The summed E-state index contributed by atoms with van der Waals surface area (Å²) < 4.78 is 16.3. The highest BCUT2D eigenvalue weighted by Gasteiger charge is 2.36. The van der Waals surface area contributed by atoms with Crippen molar-refractivity contribution in [2.45, 2.75) is 96.4 Å². The van der Waals surface area contributed by atoms with E-state index < -0.39 is 8.80 Å². The van der Waals surface area contributed by atoms with Crippen molar-refractivity contribution in [1.29, 1.82) is 0 Å². The van der Waals surface area contributed by atoms with Crippen LogP contribution in [-0.4, -0.2) is 35.9 Å². The van der Waals surface area contributed by atoms with Crippen molar-refractivity contribution in [3.8, 4) is 0 Å². The van der Waals surface area contributed by atoms with Crippen molar-refractivity contribution in [1.82, 2.24) is 0 Å². The molecule has 0 aromatic rings. The SMILES string of the molecule is CCCCCCCCCCCCCC=CSCCC[Si](OC)(OC)OC. The fourth-order valence-electron chi connectivity index (χ4n) is 3.06. The van der Waals surface area contributed by atoms with Gasteiger partial charge >= 0.3 is 8.80 Å². The molecule has 0 bridgehead atoms. The largest absolute Gasteiger partial charge is 0.500 e. The molecule has 26 heavy (non-hydrogen) atoms. The van der Waals surface area contributed by atoms with Gasteiger partial charge in [0.1, 0.15) is 0 Å². The zero-order valence-electron chi connectivity index (χ0n) is 17.9. The predicted octanol–water partition coefficient (Wildman–Crippen LogP) is 7.20. The number of hydrogen-bond donors (Lipinski definition) is 0. The van der Waals surface area contributed by atoms with Gasteiger partial charge in [-0.1, -0.05) is 77.2 Å². The highest BCUT2D eigenvalue weighted by atomic mass is 32.2. The van der Waals surface area contributed by atoms with Crippen LogP contribution in [0.2, 0.25) is 6.04 Å². The summed E-state index contributed by atoms with van der Waals surface area (Å²) in [5, 5.41) is 2.26. The summed E-state index contributed by atoms with van der Waals surface area (Å²) in [6, 6.07) is 0.885. The van der Waals surface area contributed by atoms with Crippen LogP contribution in [0, 0.1) is 0 Å². The molecule has 0 radical (unpaired) electrons. The number of thioether (sulfide) groups is 1. The minimum absolute atomic E-state index is 0.885. The summed E-state index contributed by atoms with van der Waals surface area (Å²) in [5.74, 6) is 1.10. The van der Waals surface area contributed by atoms with Crippen LogP contribution >= 0.6 is 11.8 Å². The molecule has 0 aliphatic rings. The smallest absolute Gasteiger partial charge is 0.377 e. The molecule has 0 rings (SSSR count). The maximum absolute atomic E-state index is 5.43. The Hall–Kier alpha value is 0.187. The van der Waals surface area contributed by atoms with Gasteiger partial charge in [-0.25, -0.2) is 0 Å². The van der Waals surface area contributed by atoms with E-state index in [1.165, 1.54) is 77.0 Å². The van der Waals surface area contributed by atoms with E-state index >= 15 is 0 Å². The molecule has 0 N–H and O–H groups in total. The van der Waals surface area contributed by atoms with E-state index in [1.54, 1.807) is 21.3 Å². The maximum atomic E-state index is 5.43. The van der Waals surface area contributed by atoms with Gasteiger partial charge in [0.2, 0.25) is 0 Å². The van der Waals surface area contributed by atoms with E-state index in [0.717, 1.165) is 18.2 Å². The second-order valence-electron chi connectivity index (χ2n) is 6.97. The van der Waals surface area contributed by atoms with Crippen molar-refractivity contribution in [2.24, 2.45) is 0 Å². The van der Waals surface area contributed by atoms with E-state index in [-0.39, 0.29) is 0 Å². The van der Waals surface area contributed by atoms with E-state index in [9.17, 15) is 0 Å². The van der Waals surface area contributed by atoms with Crippen molar-refractivity contribution < 1.29 is 13.3 Å². The first-order valence-corrected chi connectivity index (χ1v) is 13.6. The van der Waals surface area contributed by atoms with Gasteiger partial charge in [-0.2, -0.15) is 0 Å². The number of allylic oxidation sites excluding steroid dienone is 1. The van der Waals surface area contributed by atoms with Crippen LogP contribution in [-0.2, 0) is 13.3 Å². The Morgan fingerprint density at radius 1 is 0.692 bits per heavy atom. The fourth-order valence-corrected chi connectivity index (χ4v) is 5.76. The van der Waals surface area contributed by atoms with E-state index in [4.69, 9.17) is 13.3 Å². The molecule has 0 aliphatic carbocycles. The summed E-state index contributed by atoms with van der Waals surface area (Å²) in [4.78, 5) is 0. The van der Waals surface area contributed by atoms with Crippen LogP contribution in [0.3, 0.4) is 0 Å². The fraction of sp³-hybridized carbons (Fsp3) is 0.905. The van der Waals surface area contributed by atoms with Gasteiger partial charge in [0, 0.05) is 27.4 Å². The van der Waals surface area contributed by atoms with Crippen LogP contribution in [0.1, 0.15) is 90.4 Å². The normalized spacial score (nSPS) is 12.3. The van der Waals surface area contributed by atoms with E-state index in [2.05, 4.69) is 18.4 Å². The second-order valence-corrected chi connectivity index (χ2v) is 11.1. The summed E-state index contributed by atoms with van der Waals surface area (Å²) in [6.45, 7) is 2.28. The van der Waals surface area contributed by atoms with Crippen LogP contribution in [0.4, 0.5) is 0 Å². The average Bonchev–Trinajstić information content (AvgIpc) is 2.68. The molecule has 0 spiro atoms. The van der Waals surface area contributed by atoms with Gasteiger partial charge in [0.05, 0.1) is 0 Å². The Bertz CT molecular complexity index is 301. The van der Waals surface area contributed by atoms with E-state index in [1.807, 2.05) is 11.8 Å². The molecular formula is C21H44O3SSi. The van der Waals surface area contributed by atoms with Crippen LogP contribution in [0.15, 0.2) is 11.5 Å². The van der Waals surface area contributed by atoms with Crippen LogP contribution in [0.25, 0.3) is 0 Å². The molecule has 0 atom stereocenters. The third-order valence-electron chi connectivity index (χ3n) is 4.84. The molecule has 156 valence electrons. The Labute approximate surface area is 169 Å². The lowest BCUT2D eigenvalue weighted by molar-refractivity contribution is 0.123. The third-order valence-corrected chi connectivity index (χ3v) is 8.59. The molecule has 0 amide bonds. The molecule has 0 saturated heterocycles. The summed E-state index contributed by atoms with van der Waals surface area (Å²) >= 11 is 1.88. The van der Waals surface area contributed by atoms with Gasteiger partial charge in [-0.3, -0.25) is 0 Å². The predicted molar refractivity (Wildman–Crippen MR) is 119 cm³/mol. The summed E-state index contributed by atoms with van der Waals surface area (Å²) in [7, 11) is 2.68. The Morgan fingerprint density at radius 2 is 1.19 bits per heavy atom. The second kappa shape index (κ2) is 19.9. The molecule has 3 nitrogen and oxygen atoms in total. The lowest BCUT2D eigenvalue weighted by Crippen LogP contribution is -2.42. The van der Waals surface area contributed by atoms with Crippen molar-refractivity contribution >= 4 is 20.6 Å². The summed E-state index contributed by atoms with van der Waals surface area (Å²) in [6.07, 6.45) is 20.1. The number of unbranched alkanes of at least 4 members (excludes halogenated alkanes) is 11. The van der Waals surface area contributed by atoms with Gasteiger partial charge in [-0.15, -0.1) is 11.8 Å². The molecule has 0 aliphatic heterocycles. The molecule has 0 unspecified atom stereocenters. The number of rotatable bonds is 20. The quantitative estimate of drug-likeness (QED) is 0.158. The maximum Gasteiger partial charge on any atom is 0.500 e. The Kier molecular flexibility index (Phi) is 20.1. The van der Waals surface area contributed by atoms with Crippen molar-refractivity contribution in [2.75, 3.05) is 27.1 Å².